The molecule has 126 valence electrons. The molecule has 0 N–H and O–H groups in total. The molecule has 4 nitrogen and oxygen atoms in total. The number of amides is 1. The van der Waals surface area contributed by atoms with Crippen LogP contribution in [0.5, 0.6) is 5.88 Å². The first-order valence-electron chi connectivity index (χ1n) is 7.43. The number of aromatic nitrogens is 1. The van der Waals surface area contributed by atoms with E-state index >= 15 is 0 Å². The van der Waals surface area contributed by atoms with E-state index in [1.165, 1.54) is 6.07 Å². The van der Waals surface area contributed by atoms with Gasteiger partial charge in [0.15, 0.2) is 0 Å². The fourth-order valence-corrected chi connectivity index (χ4v) is 2.39. The summed E-state index contributed by atoms with van der Waals surface area (Å²) < 4.78 is 42.8. The normalized spacial score (nSPS) is 15.0. The third kappa shape index (κ3) is 3.84. The summed E-state index contributed by atoms with van der Waals surface area (Å²) in [6.45, 7) is 0.822. The number of halogens is 3. The Morgan fingerprint density at radius 1 is 1.17 bits per heavy atom. The minimum atomic E-state index is -4.41. The van der Waals surface area contributed by atoms with Crippen molar-refractivity contribution in [2.75, 3.05) is 13.1 Å². The number of alkyl halides is 3. The second kappa shape index (κ2) is 6.51. The molecule has 3 rings (SSSR count). The highest BCUT2D eigenvalue weighted by molar-refractivity contribution is 5.79. The molecule has 0 spiro atoms. The minimum Gasteiger partial charge on any atom is -0.471 e. The van der Waals surface area contributed by atoms with Gasteiger partial charge in [0.25, 0.3) is 0 Å². The Labute approximate surface area is 136 Å². The van der Waals surface area contributed by atoms with Crippen molar-refractivity contribution in [1.29, 1.82) is 0 Å². The summed E-state index contributed by atoms with van der Waals surface area (Å²) >= 11 is 0. The minimum absolute atomic E-state index is 0.00132. The van der Waals surface area contributed by atoms with Crippen LogP contribution < -0.4 is 4.74 Å². The van der Waals surface area contributed by atoms with Crippen molar-refractivity contribution in [2.24, 2.45) is 0 Å². The van der Waals surface area contributed by atoms with E-state index in [1.54, 1.807) is 4.90 Å². The summed E-state index contributed by atoms with van der Waals surface area (Å²) in [5.74, 6) is 0.129. The summed E-state index contributed by atoms with van der Waals surface area (Å²) in [5, 5.41) is 0. The fraction of sp³-hybridized carbons (Fsp3) is 0.294. The topological polar surface area (TPSA) is 42.4 Å². The van der Waals surface area contributed by atoms with E-state index in [-0.39, 0.29) is 17.9 Å². The molecule has 1 aromatic heterocycles. The SMILES string of the molecule is O=C(Cc1ccccc1)N1CC(Oc2ccc(C(F)(F)F)cn2)C1. The van der Waals surface area contributed by atoms with E-state index < -0.39 is 11.7 Å². The summed E-state index contributed by atoms with van der Waals surface area (Å²) in [5.41, 5.74) is 0.124. The van der Waals surface area contributed by atoms with Gasteiger partial charge in [0.1, 0.15) is 6.10 Å². The molecule has 1 amide bonds. The average molecular weight is 336 g/mol. The van der Waals surface area contributed by atoms with Gasteiger partial charge in [-0.2, -0.15) is 13.2 Å². The number of hydrogen-bond acceptors (Lipinski definition) is 3. The lowest BCUT2D eigenvalue weighted by Crippen LogP contribution is -2.56. The standard InChI is InChI=1S/C17H15F3N2O2/c18-17(19,20)13-6-7-15(21-9-13)24-14-10-22(11-14)16(23)8-12-4-2-1-3-5-12/h1-7,9,14H,8,10-11H2. The van der Waals surface area contributed by atoms with Crippen molar-refractivity contribution >= 4 is 5.91 Å². The first-order valence-corrected chi connectivity index (χ1v) is 7.43. The Balaban J connectivity index is 1.47. The van der Waals surface area contributed by atoms with Crippen LogP contribution in [0.4, 0.5) is 13.2 Å². The Kier molecular flexibility index (Phi) is 4.42. The number of carbonyl (C=O) groups excluding carboxylic acids is 1. The van der Waals surface area contributed by atoms with Crippen LogP contribution in [0.3, 0.4) is 0 Å². The third-order valence-electron chi connectivity index (χ3n) is 3.75. The molecule has 0 unspecified atom stereocenters. The number of nitrogens with zero attached hydrogens (tertiary/aromatic N) is 2. The van der Waals surface area contributed by atoms with Crippen LogP contribution in [-0.4, -0.2) is 35.0 Å². The Morgan fingerprint density at radius 2 is 1.88 bits per heavy atom. The first kappa shape index (κ1) is 16.3. The smallest absolute Gasteiger partial charge is 0.417 e. The van der Waals surface area contributed by atoms with Gasteiger partial charge < -0.3 is 9.64 Å². The van der Waals surface area contributed by atoms with Crippen molar-refractivity contribution in [3.8, 4) is 5.88 Å². The van der Waals surface area contributed by atoms with Gasteiger partial charge in [0.05, 0.1) is 25.1 Å². The maximum Gasteiger partial charge on any atom is 0.417 e. The van der Waals surface area contributed by atoms with E-state index in [2.05, 4.69) is 4.98 Å². The van der Waals surface area contributed by atoms with Crippen LogP contribution in [-0.2, 0) is 17.4 Å². The highest BCUT2D eigenvalue weighted by Crippen LogP contribution is 2.29. The molecule has 1 aromatic carbocycles. The van der Waals surface area contributed by atoms with E-state index in [1.807, 2.05) is 30.3 Å². The Morgan fingerprint density at radius 3 is 2.46 bits per heavy atom. The molecular weight excluding hydrogens is 321 g/mol. The third-order valence-corrected chi connectivity index (χ3v) is 3.75. The number of pyridine rings is 1. The lowest BCUT2D eigenvalue weighted by atomic mass is 10.1. The molecule has 0 bridgehead atoms. The van der Waals surface area contributed by atoms with Gasteiger partial charge in [-0.25, -0.2) is 4.98 Å². The highest BCUT2D eigenvalue weighted by atomic mass is 19.4. The molecule has 0 aliphatic carbocycles. The largest absolute Gasteiger partial charge is 0.471 e. The zero-order valence-corrected chi connectivity index (χ0v) is 12.7. The second-order valence-corrected chi connectivity index (χ2v) is 5.58. The van der Waals surface area contributed by atoms with Gasteiger partial charge in [-0.1, -0.05) is 30.3 Å². The van der Waals surface area contributed by atoms with Crippen LogP contribution in [0.2, 0.25) is 0 Å². The van der Waals surface area contributed by atoms with Crippen molar-refractivity contribution < 1.29 is 22.7 Å². The molecule has 0 radical (unpaired) electrons. The molecule has 1 fully saturated rings. The van der Waals surface area contributed by atoms with E-state index in [9.17, 15) is 18.0 Å². The van der Waals surface area contributed by atoms with Gasteiger partial charge in [-0.05, 0) is 11.6 Å². The van der Waals surface area contributed by atoms with E-state index in [4.69, 9.17) is 4.74 Å². The molecular formula is C17H15F3N2O2. The predicted octanol–water partition coefficient (Wildman–Crippen LogP) is 2.93. The Bertz CT molecular complexity index is 696. The number of benzene rings is 1. The second-order valence-electron chi connectivity index (χ2n) is 5.58. The monoisotopic (exact) mass is 336 g/mol. The molecule has 1 aliphatic heterocycles. The molecule has 1 saturated heterocycles. The van der Waals surface area contributed by atoms with Gasteiger partial charge >= 0.3 is 6.18 Å². The predicted molar refractivity (Wildman–Crippen MR) is 80.4 cm³/mol. The number of ether oxygens (including phenoxy) is 1. The van der Waals surface area contributed by atoms with Gasteiger partial charge in [-0.15, -0.1) is 0 Å². The number of hydrogen-bond donors (Lipinski definition) is 0. The molecule has 0 atom stereocenters. The first-order chi connectivity index (χ1) is 11.4. The average Bonchev–Trinajstić information content (AvgIpc) is 2.51. The number of carbonyl (C=O) groups is 1. The molecule has 24 heavy (non-hydrogen) atoms. The molecule has 1 aliphatic rings. The fourth-order valence-electron chi connectivity index (χ4n) is 2.39. The molecule has 2 aromatic rings. The van der Waals surface area contributed by atoms with Crippen LogP contribution in [0.25, 0.3) is 0 Å². The number of rotatable bonds is 4. The van der Waals surface area contributed by atoms with Gasteiger partial charge in [0, 0.05) is 12.3 Å². The molecule has 2 heterocycles. The lowest BCUT2D eigenvalue weighted by molar-refractivity contribution is -0.140. The Hall–Kier alpha value is -2.57. The van der Waals surface area contributed by atoms with Crippen molar-refractivity contribution in [3.05, 3.63) is 59.8 Å². The lowest BCUT2D eigenvalue weighted by Gasteiger charge is -2.38. The van der Waals surface area contributed by atoms with Crippen molar-refractivity contribution in [3.63, 3.8) is 0 Å². The van der Waals surface area contributed by atoms with Gasteiger partial charge in [-0.3, -0.25) is 4.79 Å². The zero-order valence-electron chi connectivity index (χ0n) is 12.7. The zero-order chi connectivity index (χ0) is 17.2. The van der Waals surface area contributed by atoms with E-state index in [0.717, 1.165) is 17.8 Å². The van der Waals surface area contributed by atoms with Crippen molar-refractivity contribution in [1.82, 2.24) is 9.88 Å². The molecule has 0 saturated carbocycles. The maximum absolute atomic E-state index is 12.5. The maximum atomic E-state index is 12.5. The van der Waals surface area contributed by atoms with Crippen LogP contribution >= 0.6 is 0 Å². The van der Waals surface area contributed by atoms with Crippen LogP contribution in [0, 0.1) is 0 Å². The summed E-state index contributed by atoms with van der Waals surface area (Å²) in [4.78, 5) is 17.4. The number of likely N-dealkylation sites (tertiary alicyclic amines) is 1. The molecule has 7 heteroatoms. The van der Waals surface area contributed by atoms with Crippen molar-refractivity contribution in [2.45, 2.75) is 18.7 Å². The summed E-state index contributed by atoms with van der Waals surface area (Å²) in [6.07, 6.45) is -3.59. The quantitative estimate of drug-likeness (QED) is 0.862. The summed E-state index contributed by atoms with van der Waals surface area (Å²) in [7, 11) is 0. The van der Waals surface area contributed by atoms with E-state index in [0.29, 0.717) is 19.5 Å². The van der Waals surface area contributed by atoms with Crippen LogP contribution in [0.1, 0.15) is 11.1 Å². The van der Waals surface area contributed by atoms with Gasteiger partial charge in [0.2, 0.25) is 11.8 Å². The highest BCUT2D eigenvalue weighted by Gasteiger charge is 2.33. The van der Waals surface area contributed by atoms with Crippen LogP contribution in [0.15, 0.2) is 48.7 Å². The summed E-state index contributed by atoms with van der Waals surface area (Å²) in [6, 6.07) is 11.5.